The Morgan fingerprint density at radius 2 is 1.70 bits per heavy atom. The van der Waals surface area contributed by atoms with Crippen molar-refractivity contribution in [1.82, 2.24) is 19.5 Å². The Kier molecular flexibility index (Phi) is 8.76. The van der Waals surface area contributed by atoms with E-state index in [-0.39, 0.29) is 17.2 Å². The number of halogens is 1. The van der Waals surface area contributed by atoms with Crippen LogP contribution >= 0.6 is 11.8 Å². The number of rotatable bonds is 10. The molecule has 47 heavy (non-hydrogen) atoms. The van der Waals surface area contributed by atoms with Crippen LogP contribution in [0.4, 0.5) is 4.39 Å². The van der Waals surface area contributed by atoms with Crippen molar-refractivity contribution < 1.29 is 19.0 Å². The van der Waals surface area contributed by atoms with Crippen molar-refractivity contribution in [2.75, 3.05) is 0 Å². The summed E-state index contributed by atoms with van der Waals surface area (Å²) >= 11 is 1.71. The van der Waals surface area contributed by atoms with Crippen molar-refractivity contribution in [3.8, 4) is 17.0 Å². The first-order chi connectivity index (χ1) is 22.4. The first-order valence-corrected chi connectivity index (χ1v) is 16.3. The molecule has 0 unspecified atom stereocenters. The molecule has 240 valence electrons. The van der Waals surface area contributed by atoms with E-state index in [0.29, 0.717) is 24.4 Å². The molecule has 2 aromatic carbocycles. The number of para-hydroxylation sites is 1. The van der Waals surface area contributed by atoms with Crippen LogP contribution in [-0.2, 0) is 24.4 Å². The molecule has 0 spiro atoms. The number of thioether (sulfide) groups is 1. The monoisotopic (exact) mass is 648 g/mol. The second-order valence-electron chi connectivity index (χ2n) is 13.3. The highest BCUT2D eigenvalue weighted by Gasteiger charge is 2.33. The third-order valence-electron chi connectivity index (χ3n) is 7.89. The standard InChI is InChI=1S/C38H37FN4O3S/c1-37(2,3)47-34-30-18-29(46-23-28-16-14-25-8-6-7-9-32(25)42-28)21-41-35(30)43(33(34)19-38(4,5)36(44)45)22-24-10-12-26(13-11-24)31-17-15-27(39)20-40-31/h6-18,20-21H,19,22-23H2,1-5H3,(H,44,45). The smallest absolute Gasteiger partial charge is 0.309 e. The van der Waals surface area contributed by atoms with Crippen LogP contribution in [0, 0.1) is 11.2 Å². The SMILES string of the molecule is CC(C)(C)Sc1c(CC(C)(C)C(=O)O)n(Cc2ccc(-c3ccc(F)cn3)cc2)c2ncc(OCc3ccc4ccccc4n3)cc12. The lowest BCUT2D eigenvalue weighted by Crippen LogP contribution is -2.28. The fourth-order valence-electron chi connectivity index (χ4n) is 5.42. The van der Waals surface area contributed by atoms with Gasteiger partial charge in [0.1, 0.15) is 23.8 Å². The van der Waals surface area contributed by atoms with Crippen LogP contribution in [0.15, 0.2) is 96.2 Å². The number of benzene rings is 2. The van der Waals surface area contributed by atoms with Crippen molar-refractivity contribution in [2.24, 2.45) is 5.41 Å². The molecule has 0 atom stereocenters. The number of carboxylic acid groups (broad SMARTS) is 1. The van der Waals surface area contributed by atoms with Gasteiger partial charge in [-0.15, -0.1) is 11.8 Å². The second kappa shape index (κ2) is 12.8. The Balaban J connectivity index is 1.40. The highest BCUT2D eigenvalue weighted by atomic mass is 32.2. The highest BCUT2D eigenvalue weighted by Crippen LogP contribution is 2.43. The Morgan fingerprint density at radius 3 is 2.40 bits per heavy atom. The third-order valence-corrected chi connectivity index (χ3v) is 9.16. The zero-order chi connectivity index (χ0) is 33.3. The minimum Gasteiger partial charge on any atom is -0.486 e. The van der Waals surface area contributed by atoms with Crippen molar-refractivity contribution in [3.05, 3.63) is 114 Å². The van der Waals surface area contributed by atoms with Gasteiger partial charge in [0.2, 0.25) is 0 Å². The number of aromatic nitrogens is 4. The predicted molar refractivity (Wildman–Crippen MR) is 185 cm³/mol. The minimum absolute atomic E-state index is 0.156. The van der Waals surface area contributed by atoms with Crippen molar-refractivity contribution in [2.45, 2.75) is 63.8 Å². The largest absolute Gasteiger partial charge is 0.486 e. The maximum atomic E-state index is 13.4. The average molecular weight is 649 g/mol. The molecular weight excluding hydrogens is 612 g/mol. The van der Waals surface area contributed by atoms with E-state index in [1.165, 1.54) is 12.3 Å². The van der Waals surface area contributed by atoms with E-state index in [0.717, 1.165) is 49.3 Å². The van der Waals surface area contributed by atoms with Gasteiger partial charge in [0.15, 0.2) is 0 Å². The van der Waals surface area contributed by atoms with Crippen LogP contribution in [0.2, 0.25) is 0 Å². The van der Waals surface area contributed by atoms with Crippen LogP contribution < -0.4 is 4.74 Å². The molecule has 7 nitrogen and oxygen atoms in total. The first kappa shape index (κ1) is 32.2. The minimum atomic E-state index is -1.02. The van der Waals surface area contributed by atoms with Crippen molar-refractivity contribution in [3.63, 3.8) is 0 Å². The molecule has 0 aliphatic carbocycles. The van der Waals surface area contributed by atoms with Crippen molar-refractivity contribution >= 4 is 39.7 Å². The van der Waals surface area contributed by atoms with E-state index in [1.54, 1.807) is 37.9 Å². The van der Waals surface area contributed by atoms with Gasteiger partial charge in [-0.25, -0.2) is 14.4 Å². The normalized spacial score (nSPS) is 12.1. The Morgan fingerprint density at radius 1 is 0.936 bits per heavy atom. The lowest BCUT2D eigenvalue weighted by atomic mass is 9.88. The molecule has 6 rings (SSSR count). The van der Waals surface area contributed by atoms with E-state index in [2.05, 4.69) is 30.3 Å². The van der Waals surface area contributed by atoms with Gasteiger partial charge < -0.3 is 14.4 Å². The molecule has 0 amide bonds. The number of fused-ring (bicyclic) bond motifs is 2. The Hall–Kier alpha value is -4.76. The summed E-state index contributed by atoms with van der Waals surface area (Å²) in [6.45, 7) is 10.7. The molecule has 9 heteroatoms. The number of hydrogen-bond acceptors (Lipinski definition) is 6. The Labute approximate surface area is 277 Å². The molecule has 0 fully saturated rings. The summed E-state index contributed by atoms with van der Waals surface area (Å²) in [5.41, 5.74) is 4.96. The zero-order valence-corrected chi connectivity index (χ0v) is 27.9. The van der Waals surface area contributed by atoms with Crippen LogP contribution in [0.3, 0.4) is 0 Å². The number of carboxylic acids is 1. The fourth-order valence-corrected chi connectivity index (χ4v) is 6.59. The quantitative estimate of drug-likeness (QED) is 0.148. The Bertz CT molecular complexity index is 2070. The molecule has 0 saturated heterocycles. The molecule has 0 radical (unpaired) electrons. The molecule has 0 bridgehead atoms. The number of ether oxygens (including phenoxy) is 1. The molecule has 1 N–H and O–H groups in total. The van der Waals surface area contributed by atoms with E-state index in [1.807, 2.05) is 66.7 Å². The van der Waals surface area contributed by atoms with Gasteiger partial charge in [-0.2, -0.15) is 0 Å². The van der Waals surface area contributed by atoms with Gasteiger partial charge in [-0.05, 0) is 49.7 Å². The van der Waals surface area contributed by atoms with Crippen molar-refractivity contribution in [1.29, 1.82) is 0 Å². The number of aliphatic carboxylic acids is 1. The summed E-state index contributed by atoms with van der Waals surface area (Å²) in [6.07, 6.45) is 3.24. The topological polar surface area (TPSA) is 90.1 Å². The summed E-state index contributed by atoms with van der Waals surface area (Å²) < 4.78 is 21.6. The summed E-state index contributed by atoms with van der Waals surface area (Å²) in [5.74, 6) is -0.630. The maximum Gasteiger partial charge on any atom is 0.309 e. The van der Waals surface area contributed by atoms with E-state index in [4.69, 9.17) is 14.7 Å². The summed E-state index contributed by atoms with van der Waals surface area (Å²) in [5, 5.41) is 12.1. The number of carbonyl (C=O) groups is 1. The van der Waals surface area contributed by atoms with Gasteiger partial charge >= 0.3 is 5.97 Å². The summed E-state index contributed by atoms with van der Waals surface area (Å²) in [4.78, 5) is 27.2. The van der Waals surface area contributed by atoms with Crippen LogP contribution in [0.5, 0.6) is 5.75 Å². The van der Waals surface area contributed by atoms with Gasteiger partial charge in [0.05, 0.1) is 34.7 Å². The summed E-state index contributed by atoms with van der Waals surface area (Å²) in [7, 11) is 0. The van der Waals surface area contributed by atoms with Crippen LogP contribution in [0.1, 0.15) is 51.6 Å². The molecule has 0 saturated carbocycles. The van der Waals surface area contributed by atoms with Crippen LogP contribution in [0.25, 0.3) is 33.2 Å². The zero-order valence-electron chi connectivity index (χ0n) is 27.1. The predicted octanol–water partition coefficient (Wildman–Crippen LogP) is 8.96. The highest BCUT2D eigenvalue weighted by molar-refractivity contribution is 8.00. The van der Waals surface area contributed by atoms with Gasteiger partial charge in [-0.1, -0.05) is 69.3 Å². The average Bonchev–Trinajstić information content (AvgIpc) is 3.29. The molecule has 6 aromatic rings. The molecule has 4 aromatic heterocycles. The molecule has 0 aliphatic heterocycles. The van der Waals surface area contributed by atoms with Gasteiger partial charge in [0, 0.05) is 44.6 Å². The first-order valence-electron chi connectivity index (χ1n) is 15.5. The van der Waals surface area contributed by atoms with E-state index in [9.17, 15) is 14.3 Å². The molecule has 0 aliphatic rings. The maximum absolute atomic E-state index is 13.4. The lowest BCUT2D eigenvalue weighted by Gasteiger charge is -2.24. The van der Waals surface area contributed by atoms with Gasteiger partial charge in [-0.3, -0.25) is 9.78 Å². The van der Waals surface area contributed by atoms with E-state index < -0.39 is 11.4 Å². The van der Waals surface area contributed by atoms with E-state index >= 15 is 0 Å². The summed E-state index contributed by atoms with van der Waals surface area (Å²) in [6, 6.07) is 25.0. The van der Waals surface area contributed by atoms with Gasteiger partial charge in [0.25, 0.3) is 0 Å². The van der Waals surface area contributed by atoms with Crippen LogP contribution in [-0.4, -0.2) is 35.3 Å². The molecular formula is C38H37FN4O3S. The molecule has 4 heterocycles. The number of nitrogens with zero attached hydrogens (tertiary/aromatic N) is 4. The second-order valence-corrected chi connectivity index (χ2v) is 15.2. The lowest BCUT2D eigenvalue weighted by molar-refractivity contribution is -0.146. The number of hydrogen-bond donors (Lipinski definition) is 1. The third kappa shape index (κ3) is 7.30. The fraction of sp³-hybridized carbons (Fsp3) is 0.263. The number of pyridine rings is 3.